The molecule has 1 N–H and O–H groups in total. The third-order valence-electron chi connectivity index (χ3n) is 4.19. The summed E-state index contributed by atoms with van der Waals surface area (Å²) in [6.45, 7) is 3.37. The summed E-state index contributed by atoms with van der Waals surface area (Å²) in [6, 6.07) is 8.33. The third-order valence-corrected chi connectivity index (χ3v) is 4.19. The molecule has 0 aliphatic rings. The standard InChI is InChI=1S/C21H25NO7/c1-12-7-8-16(25-3)15(9-12)22-20(23)13(2)29-21(24)14-10-18(27-5)19(28-6)11-17(14)26-4/h7-11,13H,1-6H3,(H,22,23). The van der Waals surface area contributed by atoms with Crippen molar-refractivity contribution in [3.8, 4) is 23.0 Å². The van der Waals surface area contributed by atoms with E-state index in [1.165, 1.54) is 47.5 Å². The predicted molar refractivity (Wildman–Crippen MR) is 107 cm³/mol. The fraction of sp³-hybridized carbons (Fsp3) is 0.333. The first kappa shape index (κ1) is 21.9. The summed E-state index contributed by atoms with van der Waals surface area (Å²) < 4.78 is 26.2. The molecule has 0 heterocycles. The summed E-state index contributed by atoms with van der Waals surface area (Å²) in [4.78, 5) is 25.2. The van der Waals surface area contributed by atoms with Gasteiger partial charge in [0, 0.05) is 12.1 Å². The molecule has 8 nitrogen and oxygen atoms in total. The van der Waals surface area contributed by atoms with E-state index >= 15 is 0 Å². The molecule has 1 amide bonds. The summed E-state index contributed by atoms with van der Waals surface area (Å²) in [7, 11) is 5.84. The van der Waals surface area contributed by atoms with Crippen LogP contribution in [0.15, 0.2) is 30.3 Å². The molecule has 29 heavy (non-hydrogen) atoms. The average Bonchev–Trinajstić information content (AvgIpc) is 2.72. The van der Waals surface area contributed by atoms with Crippen molar-refractivity contribution in [1.29, 1.82) is 0 Å². The summed E-state index contributed by atoms with van der Waals surface area (Å²) in [5, 5.41) is 2.71. The van der Waals surface area contributed by atoms with Gasteiger partial charge in [0.2, 0.25) is 0 Å². The zero-order chi connectivity index (χ0) is 21.6. The van der Waals surface area contributed by atoms with Crippen molar-refractivity contribution < 1.29 is 33.3 Å². The molecular formula is C21H25NO7. The lowest BCUT2D eigenvalue weighted by molar-refractivity contribution is -0.123. The lowest BCUT2D eigenvalue weighted by Crippen LogP contribution is -2.30. The number of hydrogen-bond acceptors (Lipinski definition) is 7. The normalized spacial score (nSPS) is 11.2. The molecular weight excluding hydrogens is 378 g/mol. The summed E-state index contributed by atoms with van der Waals surface area (Å²) in [5.74, 6) is 0.244. The van der Waals surface area contributed by atoms with Crippen LogP contribution in [0.1, 0.15) is 22.8 Å². The van der Waals surface area contributed by atoms with Crippen LogP contribution >= 0.6 is 0 Å². The van der Waals surface area contributed by atoms with Crippen LogP contribution in [-0.2, 0) is 9.53 Å². The Kier molecular flexibility index (Phi) is 7.30. The van der Waals surface area contributed by atoms with Crippen molar-refractivity contribution in [3.63, 3.8) is 0 Å². The van der Waals surface area contributed by atoms with E-state index < -0.39 is 18.0 Å². The molecule has 0 saturated heterocycles. The number of carbonyl (C=O) groups is 2. The topological polar surface area (TPSA) is 92.3 Å². The Balaban J connectivity index is 2.18. The fourth-order valence-corrected chi connectivity index (χ4v) is 2.62. The van der Waals surface area contributed by atoms with Gasteiger partial charge in [-0.15, -0.1) is 0 Å². The second-order valence-corrected chi connectivity index (χ2v) is 6.15. The molecule has 8 heteroatoms. The first-order valence-electron chi connectivity index (χ1n) is 8.81. The van der Waals surface area contributed by atoms with Crippen molar-refractivity contribution in [3.05, 3.63) is 41.5 Å². The van der Waals surface area contributed by atoms with E-state index in [0.29, 0.717) is 22.9 Å². The van der Waals surface area contributed by atoms with Gasteiger partial charge in [0.25, 0.3) is 5.91 Å². The number of benzene rings is 2. The molecule has 156 valence electrons. The second-order valence-electron chi connectivity index (χ2n) is 6.15. The maximum atomic E-state index is 12.6. The number of ether oxygens (including phenoxy) is 5. The maximum Gasteiger partial charge on any atom is 0.342 e. The van der Waals surface area contributed by atoms with Crippen LogP contribution in [0.5, 0.6) is 23.0 Å². The summed E-state index contributed by atoms with van der Waals surface area (Å²) in [5.41, 5.74) is 1.54. The van der Waals surface area contributed by atoms with E-state index in [4.69, 9.17) is 23.7 Å². The Labute approximate surface area is 169 Å². The first-order valence-corrected chi connectivity index (χ1v) is 8.81. The smallest absolute Gasteiger partial charge is 0.342 e. The van der Waals surface area contributed by atoms with E-state index in [1.54, 1.807) is 12.1 Å². The highest BCUT2D eigenvalue weighted by Gasteiger charge is 2.24. The molecule has 0 spiro atoms. The average molecular weight is 403 g/mol. The van der Waals surface area contributed by atoms with Crippen molar-refractivity contribution in [2.24, 2.45) is 0 Å². The lowest BCUT2D eigenvalue weighted by atomic mass is 10.1. The van der Waals surface area contributed by atoms with Gasteiger partial charge in [-0.05, 0) is 31.5 Å². The molecule has 0 fully saturated rings. The molecule has 0 radical (unpaired) electrons. The Morgan fingerprint density at radius 2 is 1.41 bits per heavy atom. The van der Waals surface area contributed by atoms with Crippen LogP contribution in [0.2, 0.25) is 0 Å². The monoisotopic (exact) mass is 403 g/mol. The van der Waals surface area contributed by atoms with Gasteiger partial charge in [0.1, 0.15) is 17.1 Å². The van der Waals surface area contributed by atoms with Crippen molar-refractivity contribution in [2.75, 3.05) is 33.8 Å². The number of anilines is 1. The van der Waals surface area contributed by atoms with Crippen LogP contribution in [0, 0.1) is 6.92 Å². The van der Waals surface area contributed by atoms with E-state index in [0.717, 1.165) is 5.56 Å². The molecule has 2 aromatic carbocycles. The summed E-state index contributed by atoms with van der Waals surface area (Å²) >= 11 is 0. The zero-order valence-electron chi connectivity index (χ0n) is 17.3. The van der Waals surface area contributed by atoms with Gasteiger partial charge in [-0.2, -0.15) is 0 Å². The van der Waals surface area contributed by atoms with Crippen LogP contribution in [-0.4, -0.2) is 46.4 Å². The van der Waals surface area contributed by atoms with Crippen LogP contribution < -0.4 is 24.3 Å². The number of amides is 1. The highest BCUT2D eigenvalue weighted by atomic mass is 16.6. The molecule has 0 bridgehead atoms. The number of esters is 1. The number of carbonyl (C=O) groups excluding carboxylic acids is 2. The highest BCUT2D eigenvalue weighted by molar-refractivity contribution is 5.99. The Morgan fingerprint density at radius 1 is 0.828 bits per heavy atom. The summed E-state index contributed by atoms with van der Waals surface area (Å²) in [6.07, 6.45) is -1.06. The molecule has 0 saturated carbocycles. The first-order chi connectivity index (χ1) is 13.8. The third kappa shape index (κ3) is 5.10. The van der Waals surface area contributed by atoms with Gasteiger partial charge in [-0.3, -0.25) is 4.79 Å². The number of hydrogen-bond donors (Lipinski definition) is 1. The van der Waals surface area contributed by atoms with Crippen LogP contribution in [0.25, 0.3) is 0 Å². The number of methoxy groups -OCH3 is 4. The van der Waals surface area contributed by atoms with Gasteiger partial charge >= 0.3 is 5.97 Å². The Hall–Kier alpha value is -3.42. The minimum absolute atomic E-state index is 0.109. The molecule has 1 atom stereocenters. The van der Waals surface area contributed by atoms with Gasteiger partial charge in [-0.1, -0.05) is 6.07 Å². The van der Waals surface area contributed by atoms with E-state index in [-0.39, 0.29) is 11.3 Å². The van der Waals surface area contributed by atoms with Crippen LogP contribution in [0.3, 0.4) is 0 Å². The molecule has 2 rings (SSSR count). The minimum Gasteiger partial charge on any atom is -0.496 e. The number of rotatable bonds is 8. The van der Waals surface area contributed by atoms with Gasteiger partial charge in [-0.25, -0.2) is 4.79 Å². The molecule has 2 aromatic rings. The quantitative estimate of drug-likeness (QED) is 0.677. The van der Waals surface area contributed by atoms with Gasteiger partial charge in [0.05, 0.1) is 34.1 Å². The SMILES string of the molecule is COc1ccc(C)cc1NC(=O)C(C)OC(=O)c1cc(OC)c(OC)cc1OC. The largest absolute Gasteiger partial charge is 0.496 e. The Morgan fingerprint density at radius 3 is 2.00 bits per heavy atom. The molecule has 0 aliphatic carbocycles. The fourth-order valence-electron chi connectivity index (χ4n) is 2.62. The van der Waals surface area contributed by atoms with E-state index in [2.05, 4.69) is 5.32 Å². The molecule has 1 unspecified atom stereocenters. The minimum atomic E-state index is -1.06. The van der Waals surface area contributed by atoms with E-state index in [9.17, 15) is 9.59 Å². The highest BCUT2D eigenvalue weighted by Crippen LogP contribution is 2.35. The lowest BCUT2D eigenvalue weighted by Gasteiger charge is -2.17. The van der Waals surface area contributed by atoms with E-state index in [1.807, 2.05) is 13.0 Å². The van der Waals surface area contributed by atoms with Gasteiger partial charge in [0.15, 0.2) is 17.6 Å². The predicted octanol–water partition coefficient (Wildman–Crippen LogP) is 3.21. The second kappa shape index (κ2) is 9.68. The number of nitrogens with one attached hydrogen (secondary N) is 1. The van der Waals surface area contributed by atoms with Crippen LogP contribution in [0.4, 0.5) is 5.69 Å². The molecule has 0 aliphatic heterocycles. The zero-order valence-corrected chi connectivity index (χ0v) is 17.3. The van der Waals surface area contributed by atoms with Crippen molar-refractivity contribution in [1.82, 2.24) is 0 Å². The maximum absolute atomic E-state index is 12.6. The molecule has 0 aromatic heterocycles. The van der Waals surface area contributed by atoms with Crippen molar-refractivity contribution in [2.45, 2.75) is 20.0 Å². The number of aryl methyl sites for hydroxylation is 1. The van der Waals surface area contributed by atoms with Crippen molar-refractivity contribution >= 4 is 17.6 Å². The van der Waals surface area contributed by atoms with Gasteiger partial charge < -0.3 is 29.0 Å². The Bertz CT molecular complexity index is 895.